The standard InChI is InChI=1S/2C53H50O10.2CH2Cl2/c2*1-11-15-60-50-32-42-22-38-28-49(59-10)39(29-48(38)58-9)23-43-33-51(61-16-12-2)41(31-53(43)63-18-14-4)21-37-27-45(55-6)35(25-47(37)57-8)19-34-24-46(56-7)36(26-44(34)54-5)20-40(50)30-52(42)62-17-13-3;2*2-1-3/h2*1-4,24-33H,15-23H2,5-10H3;2*1H2. The molecule has 0 spiro atoms. The van der Waals surface area contributed by atoms with Gasteiger partial charge >= 0.3 is 0 Å². The van der Waals surface area contributed by atoms with Crippen molar-refractivity contribution >= 4 is 46.4 Å². The lowest BCUT2D eigenvalue weighted by Crippen LogP contribution is -2.07. The van der Waals surface area contributed by atoms with E-state index < -0.39 is 0 Å². The van der Waals surface area contributed by atoms with Gasteiger partial charge in [0.15, 0.2) is 0 Å². The van der Waals surface area contributed by atoms with Gasteiger partial charge in [0, 0.05) is 175 Å². The summed E-state index contributed by atoms with van der Waals surface area (Å²) in [4.78, 5) is 0. The van der Waals surface area contributed by atoms with E-state index in [1.54, 1.807) is 85.3 Å². The van der Waals surface area contributed by atoms with Gasteiger partial charge in [-0.05, 0) is 121 Å². The van der Waals surface area contributed by atoms with Gasteiger partial charge in [0.1, 0.15) is 168 Å². The van der Waals surface area contributed by atoms with Gasteiger partial charge in [0.2, 0.25) is 0 Å². The Labute approximate surface area is 795 Å². The molecule has 20 aliphatic rings. The predicted molar refractivity (Wildman–Crippen MR) is 519 cm³/mol. The first kappa shape index (κ1) is 102. The SMILES string of the molecule is C#CCOc1cc2c(OCC#C)cc1Cc1cc(OC)c(cc1OC)Cc1cc(OC)c(cc1OC)Cc1cc(OCC#C)c(cc1OCC#C)Cc1cc(OC)c(cc1OC)C2.C#CCOc1cc2c(OCC#C)cc1Cc1cc(OC)c(cc1OC)Cc1cc(OC)c(cc1OC)Cc1cc(OCC#C)c(cc1OCC#C)Cc1cc(OC)c(cc1OC)C2.ClCCl.ClCCl. The number of methoxy groups -OCH3 is 12. The number of benzene rings is 10. The van der Waals surface area contributed by atoms with E-state index in [0.29, 0.717) is 179 Å². The fraction of sp³-hybridized carbons (Fsp3) is 0.296. The molecule has 0 radical (unpaired) electrons. The number of hydrogen-bond acceptors (Lipinski definition) is 20. The Morgan fingerprint density at radius 3 is 0.295 bits per heavy atom. The molecule has 0 aliphatic heterocycles. The Morgan fingerprint density at radius 2 is 0.227 bits per heavy atom. The molecule has 0 fully saturated rings. The van der Waals surface area contributed by atoms with Gasteiger partial charge < -0.3 is 94.7 Å². The van der Waals surface area contributed by atoms with Gasteiger partial charge in [-0.15, -0.1) is 97.8 Å². The molecule has 20 nitrogen and oxygen atoms in total. The van der Waals surface area contributed by atoms with Gasteiger partial charge in [0.05, 0.1) is 96.0 Å². The van der Waals surface area contributed by atoms with Crippen LogP contribution in [0.2, 0.25) is 0 Å². The highest BCUT2D eigenvalue weighted by atomic mass is 35.5. The summed E-state index contributed by atoms with van der Waals surface area (Å²) in [6.07, 6.45) is 49.5. The van der Waals surface area contributed by atoms with Crippen LogP contribution in [-0.2, 0) is 64.2 Å². The maximum absolute atomic E-state index is 6.22. The molecule has 0 aromatic heterocycles. The lowest BCUT2D eigenvalue weighted by atomic mass is 9.94. The minimum Gasteiger partial charge on any atom is -0.496 e. The lowest BCUT2D eigenvalue weighted by molar-refractivity contribution is 0.353. The van der Waals surface area contributed by atoms with Crippen molar-refractivity contribution in [3.05, 3.63) is 233 Å². The zero-order chi connectivity index (χ0) is 95.2. The van der Waals surface area contributed by atoms with E-state index in [1.807, 2.05) is 121 Å². The highest BCUT2D eigenvalue weighted by Gasteiger charge is 2.28. The molecule has 684 valence electrons. The van der Waals surface area contributed by atoms with Gasteiger partial charge in [-0.3, -0.25) is 0 Å². The fourth-order valence-corrected chi connectivity index (χ4v) is 15.6. The van der Waals surface area contributed by atoms with Gasteiger partial charge in [-0.25, -0.2) is 0 Å². The third-order valence-corrected chi connectivity index (χ3v) is 21.4. The summed E-state index contributed by atoms with van der Waals surface area (Å²) in [6.45, 7) is 0.291. The summed E-state index contributed by atoms with van der Waals surface area (Å²) in [5.74, 6) is 32.9. The molecule has 132 heavy (non-hydrogen) atoms. The molecule has 0 saturated carbocycles. The molecule has 20 aliphatic carbocycles. The monoisotopic (exact) mass is 1860 g/mol. The molecule has 0 amide bonds. The van der Waals surface area contributed by atoms with Crippen LogP contribution in [0.3, 0.4) is 0 Å². The van der Waals surface area contributed by atoms with Crippen LogP contribution < -0.4 is 94.7 Å². The number of ether oxygens (including phenoxy) is 20. The maximum atomic E-state index is 6.22. The van der Waals surface area contributed by atoms with Crippen LogP contribution >= 0.6 is 46.4 Å². The second-order valence-corrected chi connectivity index (χ2v) is 30.7. The summed E-state index contributed by atoms with van der Waals surface area (Å²) in [5.41, 5.74) is 16.4. The average Bonchev–Trinajstić information content (AvgIpc) is 1.17. The Bertz CT molecular complexity index is 5330. The van der Waals surface area contributed by atoms with E-state index in [4.69, 9.17) is 193 Å². The second-order valence-electron chi connectivity index (χ2n) is 29.0. The highest BCUT2D eigenvalue weighted by Crippen LogP contribution is 2.47. The topological polar surface area (TPSA) is 185 Å². The quantitative estimate of drug-likeness (QED) is 0.0333. The van der Waals surface area contributed by atoms with Crippen LogP contribution in [0.1, 0.15) is 111 Å². The van der Waals surface area contributed by atoms with Crippen LogP contribution in [0.4, 0.5) is 0 Å². The third kappa shape index (κ3) is 26.1. The first-order valence-corrected chi connectivity index (χ1v) is 43.3. The van der Waals surface area contributed by atoms with Crippen molar-refractivity contribution in [3.63, 3.8) is 0 Å². The summed E-state index contributed by atoms with van der Waals surface area (Å²) >= 11 is 19.1. The molecule has 24 heteroatoms. The second kappa shape index (κ2) is 51.9. The predicted octanol–water partition coefficient (Wildman–Crippen LogP) is 19.0. The third-order valence-electron chi connectivity index (χ3n) is 21.4. The molecular weight excluding hydrogens is 1760 g/mol. The summed E-state index contributed by atoms with van der Waals surface area (Å²) in [7, 11) is 19.6. The number of halogens is 4. The molecule has 0 heterocycles. The molecule has 0 atom stereocenters. The van der Waals surface area contributed by atoms with Crippen molar-refractivity contribution in [1.29, 1.82) is 0 Å². The van der Waals surface area contributed by atoms with Crippen molar-refractivity contribution in [3.8, 4) is 214 Å². The first-order chi connectivity index (χ1) is 64.3. The smallest absolute Gasteiger partial charge is 0.148 e. The van der Waals surface area contributed by atoms with Crippen LogP contribution in [0.5, 0.6) is 115 Å². The van der Waals surface area contributed by atoms with Crippen LogP contribution in [-0.4, -0.2) is 149 Å². The van der Waals surface area contributed by atoms with E-state index in [0.717, 1.165) is 111 Å². The molecule has 0 saturated heterocycles. The highest BCUT2D eigenvalue weighted by molar-refractivity contribution is 6.41. The molecular formula is C108H104Cl4O20. The summed E-state index contributed by atoms with van der Waals surface area (Å²) < 4.78 is 122. The van der Waals surface area contributed by atoms with E-state index >= 15 is 0 Å². The maximum Gasteiger partial charge on any atom is 0.148 e. The fourth-order valence-electron chi connectivity index (χ4n) is 15.6. The van der Waals surface area contributed by atoms with Crippen LogP contribution in [0.15, 0.2) is 121 Å². The Kier molecular flexibility index (Phi) is 39.9. The largest absolute Gasteiger partial charge is 0.496 e. The van der Waals surface area contributed by atoms with Crippen molar-refractivity contribution in [2.45, 2.75) is 64.2 Å². The van der Waals surface area contributed by atoms with Gasteiger partial charge in [0.25, 0.3) is 0 Å². The molecule has 30 rings (SSSR count). The Balaban J connectivity index is 0.000000280. The average molecular weight is 1860 g/mol. The normalized spacial score (nSPS) is 11.3. The number of rotatable bonds is 28. The zero-order valence-corrected chi connectivity index (χ0v) is 79.0. The number of hydrogen-bond donors (Lipinski definition) is 0. The molecule has 10 aromatic carbocycles. The van der Waals surface area contributed by atoms with Crippen LogP contribution in [0, 0.1) is 98.8 Å². The van der Waals surface area contributed by atoms with Crippen molar-refractivity contribution in [1.82, 2.24) is 0 Å². The molecule has 20 bridgehead atoms. The molecule has 0 N–H and O–H groups in total. The summed E-state index contributed by atoms with van der Waals surface area (Å²) in [5, 5.41) is 0.389. The van der Waals surface area contributed by atoms with E-state index in [1.165, 1.54) is 0 Å². The Hall–Kier alpha value is -14.2. The van der Waals surface area contributed by atoms with E-state index in [2.05, 4.69) is 47.4 Å². The minimum absolute atomic E-state index is 0.0351. The van der Waals surface area contributed by atoms with Crippen molar-refractivity contribution in [2.24, 2.45) is 0 Å². The minimum atomic E-state index is 0.0351. The van der Waals surface area contributed by atoms with E-state index in [9.17, 15) is 0 Å². The number of terminal acetylenes is 8. The zero-order valence-electron chi connectivity index (χ0n) is 76.0. The van der Waals surface area contributed by atoms with Gasteiger partial charge in [-0.1, -0.05) is 47.4 Å². The Morgan fingerprint density at radius 1 is 0.159 bits per heavy atom. The van der Waals surface area contributed by atoms with E-state index in [-0.39, 0.29) is 63.5 Å². The number of alkyl halides is 4. The van der Waals surface area contributed by atoms with Gasteiger partial charge in [-0.2, -0.15) is 0 Å². The molecule has 0 unspecified atom stereocenters. The van der Waals surface area contributed by atoms with Crippen molar-refractivity contribution in [2.75, 3.05) is 149 Å². The molecule has 10 aromatic rings. The summed E-state index contributed by atoms with van der Waals surface area (Å²) in [6, 6.07) is 39.0. The lowest BCUT2D eigenvalue weighted by Gasteiger charge is -2.20. The first-order valence-electron chi connectivity index (χ1n) is 41.1. The van der Waals surface area contributed by atoms with Crippen molar-refractivity contribution < 1.29 is 94.7 Å². The van der Waals surface area contributed by atoms with Crippen LogP contribution in [0.25, 0.3) is 0 Å².